The lowest BCUT2D eigenvalue weighted by molar-refractivity contribution is 0.696. The molecule has 12 heavy (non-hydrogen) atoms. The molecule has 0 spiro atoms. The van der Waals surface area contributed by atoms with Gasteiger partial charge in [0.2, 0.25) is 0 Å². The lowest BCUT2D eigenvalue weighted by Crippen LogP contribution is -2.10. The van der Waals surface area contributed by atoms with Crippen LogP contribution in [0.15, 0.2) is 16.6 Å². The van der Waals surface area contributed by atoms with E-state index in [1.807, 2.05) is 0 Å². The van der Waals surface area contributed by atoms with Crippen molar-refractivity contribution in [1.82, 2.24) is 0 Å². The molecule has 1 aliphatic heterocycles. The second-order valence-electron chi connectivity index (χ2n) is 3.76. The summed E-state index contributed by atoms with van der Waals surface area (Å²) >= 11 is 0. The molecule has 0 saturated carbocycles. The standard InChI is InChI=1S/C11H17N/c1-2-6-10(7-3-1)11-8-4-5-9-12-11/h6H,1-5,7-9H2. The topological polar surface area (TPSA) is 12.4 Å². The normalized spacial score (nSPS) is 24.7. The highest BCUT2D eigenvalue weighted by atomic mass is 14.7. The van der Waals surface area contributed by atoms with Crippen molar-refractivity contribution in [1.29, 1.82) is 0 Å². The molecule has 0 atom stereocenters. The number of allylic oxidation sites excluding steroid dienone is 2. The SMILES string of the molecule is C1=C(C2=NCCCC2)CCCC1. The lowest BCUT2D eigenvalue weighted by Gasteiger charge is -2.17. The van der Waals surface area contributed by atoms with Crippen molar-refractivity contribution in [2.24, 2.45) is 4.99 Å². The van der Waals surface area contributed by atoms with E-state index in [9.17, 15) is 0 Å². The molecule has 1 nitrogen and oxygen atoms in total. The third-order valence-electron chi connectivity index (χ3n) is 2.79. The monoisotopic (exact) mass is 163 g/mol. The number of aliphatic imine (C=N–C) groups is 1. The fraction of sp³-hybridized carbons (Fsp3) is 0.727. The molecule has 0 radical (unpaired) electrons. The van der Waals surface area contributed by atoms with Gasteiger partial charge in [0.05, 0.1) is 0 Å². The molecule has 1 aliphatic carbocycles. The summed E-state index contributed by atoms with van der Waals surface area (Å²) in [4.78, 5) is 4.60. The summed E-state index contributed by atoms with van der Waals surface area (Å²) in [7, 11) is 0. The minimum atomic E-state index is 1.08. The van der Waals surface area contributed by atoms with Crippen LogP contribution in [-0.4, -0.2) is 12.3 Å². The Morgan fingerprint density at radius 2 is 1.92 bits per heavy atom. The highest BCUT2D eigenvalue weighted by Gasteiger charge is 2.12. The third-order valence-corrected chi connectivity index (χ3v) is 2.79. The molecule has 0 bridgehead atoms. The first-order valence-electron chi connectivity index (χ1n) is 5.19. The van der Waals surface area contributed by atoms with E-state index in [-0.39, 0.29) is 0 Å². The van der Waals surface area contributed by atoms with Crippen LogP contribution in [0.1, 0.15) is 44.9 Å². The first-order valence-corrected chi connectivity index (χ1v) is 5.19. The summed E-state index contributed by atoms with van der Waals surface area (Å²) < 4.78 is 0. The lowest BCUT2D eigenvalue weighted by atomic mass is 9.92. The molecular formula is C11H17N. The van der Waals surface area contributed by atoms with E-state index >= 15 is 0 Å². The van der Waals surface area contributed by atoms with E-state index in [4.69, 9.17) is 0 Å². The van der Waals surface area contributed by atoms with Crippen LogP contribution >= 0.6 is 0 Å². The molecule has 0 amide bonds. The van der Waals surface area contributed by atoms with Gasteiger partial charge in [0, 0.05) is 12.3 Å². The van der Waals surface area contributed by atoms with Gasteiger partial charge in [-0.2, -0.15) is 0 Å². The van der Waals surface area contributed by atoms with E-state index in [1.54, 1.807) is 5.57 Å². The van der Waals surface area contributed by atoms with Gasteiger partial charge in [-0.25, -0.2) is 0 Å². The molecule has 0 aromatic heterocycles. The van der Waals surface area contributed by atoms with Crippen molar-refractivity contribution in [2.45, 2.75) is 44.9 Å². The third kappa shape index (κ3) is 1.77. The maximum atomic E-state index is 4.60. The Bertz CT molecular complexity index is 189. The molecule has 0 fully saturated rings. The molecule has 2 aliphatic rings. The van der Waals surface area contributed by atoms with Crippen LogP contribution in [0.2, 0.25) is 0 Å². The van der Waals surface area contributed by atoms with Crippen molar-refractivity contribution in [3.63, 3.8) is 0 Å². The minimum absolute atomic E-state index is 1.08. The van der Waals surface area contributed by atoms with Crippen LogP contribution in [0.3, 0.4) is 0 Å². The van der Waals surface area contributed by atoms with Gasteiger partial charge < -0.3 is 0 Å². The Kier molecular flexibility index (Phi) is 2.60. The second-order valence-corrected chi connectivity index (χ2v) is 3.76. The highest BCUT2D eigenvalue weighted by Crippen LogP contribution is 2.22. The van der Waals surface area contributed by atoms with Gasteiger partial charge in [-0.05, 0) is 50.5 Å². The Labute approximate surface area is 74.6 Å². The zero-order valence-electron chi connectivity index (χ0n) is 7.68. The molecule has 0 saturated heterocycles. The fourth-order valence-electron chi connectivity index (χ4n) is 2.06. The zero-order valence-corrected chi connectivity index (χ0v) is 7.68. The Hall–Kier alpha value is -0.590. The first-order chi connectivity index (χ1) is 5.97. The van der Waals surface area contributed by atoms with Crippen molar-refractivity contribution < 1.29 is 0 Å². The van der Waals surface area contributed by atoms with E-state index in [0.29, 0.717) is 0 Å². The summed E-state index contributed by atoms with van der Waals surface area (Å²) in [6.07, 6.45) is 11.7. The average molecular weight is 163 g/mol. The number of hydrogen-bond acceptors (Lipinski definition) is 1. The van der Waals surface area contributed by atoms with Crippen molar-refractivity contribution in [3.8, 4) is 0 Å². The Morgan fingerprint density at radius 3 is 2.58 bits per heavy atom. The maximum absolute atomic E-state index is 4.60. The summed E-state index contributed by atoms with van der Waals surface area (Å²) in [5.74, 6) is 0. The molecule has 0 aromatic rings. The fourth-order valence-corrected chi connectivity index (χ4v) is 2.06. The van der Waals surface area contributed by atoms with Crippen molar-refractivity contribution >= 4 is 5.71 Å². The maximum Gasteiger partial charge on any atom is 0.0392 e. The van der Waals surface area contributed by atoms with Crippen LogP contribution in [0, 0.1) is 0 Å². The largest absolute Gasteiger partial charge is 0.289 e. The minimum Gasteiger partial charge on any atom is -0.289 e. The summed E-state index contributed by atoms with van der Waals surface area (Å²) in [5.41, 5.74) is 3.00. The molecule has 0 aromatic carbocycles. The van der Waals surface area contributed by atoms with Crippen molar-refractivity contribution in [3.05, 3.63) is 11.6 Å². The molecule has 1 heterocycles. The Morgan fingerprint density at radius 1 is 1.00 bits per heavy atom. The predicted octanol–water partition coefficient (Wildman–Crippen LogP) is 3.11. The van der Waals surface area contributed by atoms with Crippen LogP contribution in [0.4, 0.5) is 0 Å². The number of nitrogens with zero attached hydrogens (tertiary/aromatic N) is 1. The van der Waals surface area contributed by atoms with E-state index < -0.39 is 0 Å². The number of rotatable bonds is 1. The second kappa shape index (κ2) is 3.88. The van der Waals surface area contributed by atoms with Crippen LogP contribution in [-0.2, 0) is 0 Å². The molecule has 0 unspecified atom stereocenters. The van der Waals surface area contributed by atoms with Crippen LogP contribution < -0.4 is 0 Å². The average Bonchev–Trinajstić information content (AvgIpc) is 2.21. The van der Waals surface area contributed by atoms with Gasteiger partial charge in [0.25, 0.3) is 0 Å². The zero-order chi connectivity index (χ0) is 8.23. The Balaban J connectivity index is 2.06. The van der Waals surface area contributed by atoms with Gasteiger partial charge in [0.15, 0.2) is 0 Å². The van der Waals surface area contributed by atoms with Gasteiger partial charge in [-0.1, -0.05) is 6.08 Å². The van der Waals surface area contributed by atoms with Gasteiger partial charge >= 0.3 is 0 Å². The molecule has 1 heteroatoms. The predicted molar refractivity (Wildman–Crippen MR) is 52.7 cm³/mol. The van der Waals surface area contributed by atoms with Crippen LogP contribution in [0.25, 0.3) is 0 Å². The molecule has 0 N–H and O–H groups in total. The summed E-state index contributed by atoms with van der Waals surface area (Å²) in [6.45, 7) is 1.08. The molecule has 2 rings (SSSR count). The van der Waals surface area contributed by atoms with Gasteiger partial charge in [-0.15, -0.1) is 0 Å². The van der Waals surface area contributed by atoms with Gasteiger partial charge in [0.1, 0.15) is 0 Å². The van der Waals surface area contributed by atoms with Crippen LogP contribution in [0.5, 0.6) is 0 Å². The van der Waals surface area contributed by atoms with E-state index in [0.717, 1.165) is 6.54 Å². The first kappa shape index (κ1) is 8.03. The summed E-state index contributed by atoms with van der Waals surface area (Å²) in [5, 5.41) is 0. The summed E-state index contributed by atoms with van der Waals surface area (Å²) in [6, 6.07) is 0. The molecular weight excluding hydrogens is 146 g/mol. The highest BCUT2D eigenvalue weighted by molar-refractivity contribution is 6.00. The van der Waals surface area contributed by atoms with E-state index in [2.05, 4.69) is 11.1 Å². The van der Waals surface area contributed by atoms with Gasteiger partial charge in [-0.3, -0.25) is 4.99 Å². The molecule has 66 valence electrons. The quantitative estimate of drug-likeness (QED) is 0.563. The van der Waals surface area contributed by atoms with Crippen molar-refractivity contribution in [2.75, 3.05) is 6.54 Å². The van der Waals surface area contributed by atoms with E-state index in [1.165, 1.54) is 50.7 Å². The smallest absolute Gasteiger partial charge is 0.0392 e. The number of hydrogen-bond donors (Lipinski definition) is 0.